The first-order valence-electron chi connectivity index (χ1n) is 11.6. The summed E-state index contributed by atoms with van der Waals surface area (Å²) in [6.07, 6.45) is 7.76. The van der Waals surface area contributed by atoms with Crippen LogP contribution in [0.25, 0.3) is 0 Å². The topological polar surface area (TPSA) is 55.8 Å². The van der Waals surface area contributed by atoms with Crippen molar-refractivity contribution in [3.05, 3.63) is 29.8 Å². The summed E-state index contributed by atoms with van der Waals surface area (Å²) in [5.41, 5.74) is 2.71. The molecule has 0 radical (unpaired) electrons. The SMILES string of the molecule is CCC(C)c1ccc(N2CCN(CC(=O)NCCCCCCCCO)CC2)cc1. The number of unbranched alkanes of at least 4 members (excludes halogenated alkanes) is 5. The smallest absolute Gasteiger partial charge is 0.234 e. The predicted molar refractivity (Wildman–Crippen MR) is 122 cm³/mol. The Kier molecular flexibility index (Phi) is 11.1. The van der Waals surface area contributed by atoms with Crippen molar-refractivity contribution < 1.29 is 9.90 Å². The first kappa shape index (κ1) is 23.7. The van der Waals surface area contributed by atoms with E-state index >= 15 is 0 Å². The van der Waals surface area contributed by atoms with Crippen LogP contribution in [0.2, 0.25) is 0 Å². The zero-order chi connectivity index (χ0) is 20.9. The van der Waals surface area contributed by atoms with Gasteiger partial charge < -0.3 is 15.3 Å². The maximum absolute atomic E-state index is 12.2. The Hall–Kier alpha value is -1.59. The average molecular weight is 404 g/mol. The molecule has 1 aliphatic rings. The summed E-state index contributed by atoms with van der Waals surface area (Å²) in [5, 5.41) is 11.8. The van der Waals surface area contributed by atoms with Crippen molar-refractivity contribution in [2.24, 2.45) is 0 Å². The van der Waals surface area contributed by atoms with E-state index in [1.165, 1.54) is 30.5 Å². The maximum atomic E-state index is 12.2. The highest BCUT2D eigenvalue weighted by atomic mass is 16.2. The van der Waals surface area contributed by atoms with E-state index in [9.17, 15) is 4.79 Å². The molecule has 0 aromatic heterocycles. The molecule has 29 heavy (non-hydrogen) atoms. The Morgan fingerprint density at radius 3 is 2.24 bits per heavy atom. The van der Waals surface area contributed by atoms with Gasteiger partial charge in [0, 0.05) is 45.0 Å². The third-order valence-electron chi connectivity index (χ3n) is 6.09. The fourth-order valence-electron chi connectivity index (χ4n) is 3.84. The molecule has 0 aliphatic carbocycles. The van der Waals surface area contributed by atoms with Crippen LogP contribution in [0.1, 0.15) is 70.3 Å². The highest BCUT2D eigenvalue weighted by Crippen LogP contribution is 2.23. The summed E-state index contributed by atoms with van der Waals surface area (Å²) in [4.78, 5) is 16.9. The number of hydrogen-bond donors (Lipinski definition) is 2. The largest absolute Gasteiger partial charge is 0.396 e. The Bertz CT molecular complexity index is 568. The van der Waals surface area contributed by atoms with Crippen LogP contribution < -0.4 is 10.2 Å². The first-order chi connectivity index (χ1) is 14.1. The lowest BCUT2D eigenvalue weighted by Gasteiger charge is -2.35. The second kappa shape index (κ2) is 13.6. The van der Waals surface area contributed by atoms with Crippen LogP contribution in [0.4, 0.5) is 5.69 Å². The highest BCUT2D eigenvalue weighted by Gasteiger charge is 2.19. The highest BCUT2D eigenvalue weighted by molar-refractivity contribution is 5.78. The predicted octanol–water partition coefficient (Wildman–Crippen LogP) is 3.77. The molecule has 0 bridgehead atoms. The molecule has 1 aromatic rings. The van der Waals surface area contributed by atoms with Gasteiger partial charge in [-0.05, 0) is 42.9 Å². The molecular formula is C24H41N3O2. The standard InChI is InChI=1S/C24H41N3O2/c1-3-21(2)22-10-12-23(13-11-22)27-17-15-26(16-18-27)20-24(29)25-14-8-6-4-5-7-9-19-28/h10-13,21,28H,3-9,14-20H2,1-2H3,(H,25,29). The van der Waals surface area contributed by atoms with Crippen molar-refractivity contribution in [1.82, 2.24) is 10.2 Å². The lowest BCUT2D eigenvalue weighted by atomic mass is 9.98. The summed E-state index contributed by atoms with van der Waals surface area (Å²) in [6.45, 7) is 9.92. The first-order valence-corrected chi connectivity index (χ1v) is 11.6. The van der Waals surface area contributed by atoms with E-state index in [-0.39, 0.29) is 5.91 Å². The molecular weight excluding hydrogens is 362 g/mol. The zero-order valence-electron chi connectivity index (χ0n) is 18.5. The number of amides is 1. The van der Waals surface area contributed by atoms with Crippen molar-refractivity contribution in [2.45, 2.75) is 64.7 Å². The van der Waals surface area contributed by atoms with Gasteiger partial charge in [0.2, 0.25) is 5.91 Å². The molecule has 0 spiro atoms. The molecule has 1 aliphatic heterocycles. The van der Waals surface area contributed by atoms with E-state index in [0.29, 0.717) is 19.1 Å². The van der Waals surface area contributed by atoms with Crippen molar-refractivity contribution in [3.8, 4) is 0 Å². The van der Waals surface area contributed by atoms with Gasteiger partial charge in [-0.15, -0.1) is 0 Å². The molecule has 5 heteroatoms. The molecule has 2 N–H and O–H groups in total. The van der Waals surface area contributed by atoms with Crippen molar-refractivity contribution >= 4 is 11.6 Å². The molecule has 164 valence electrons. The maximum Gasteiger partial charge on any atom is 0.234 e. The molecule has 1 unspecified atom stereocenters. The van der Waals surface area contributed by atoms with Crippen molar-refractivity contribution in [2.75, 3.05) is 50.8 Å². The summed E-state index contributed by atoms with van der Waals surface area (Å²) >= 11 is 0. The molecule has 1 amide bonds. The van der Waals surface area contributed by atoms with E-state index < -0.39 is 0 Å². The number of aliphatic hydroxyl groups is 1. The fraction of sp³-hybridized carbons (Fsp3) is 0.708. The lowest BCUT2D eigenvalue weighted by molar-refractivity contribution is -0.122. The van der Waals surface area contributed by atoms with Gasteiger partial charge in [0.05, 0.1) is 6.54 Å². The number of rotatable bonds is 13. The number of anilines is 1. The number of aliphatic hydroxyl groups excluding tert-OH is 1. The Morgan fingerprint density at radius 1 is 1.00 bits per heavy atom. The number of nitrogens with one attached hydrogen (secondary N) is 1. The van der Waals surface area contributed by atoms with Gasteiger partial charge in [0.15, 0.2) is 0 Å². The van der Waals surface area contributed by atoms with Crippen LogP contribution in [0, 0.1) is 0 Å². The minimum absolute atomic E-state index is 0.150. The molecule has 1 saturated heterocycles. The van der Waals surface area contributed by atoms with E-state index in [1.807, 2.05) is 0 Å². The van der Waals surface area contributed by atoms with Crippen LogP contribution in [0.5, 0.6) is 0 Å². The van der Waals surface area contributed by atoms with E-state index in [2.05, 4.69) is 53.2 Å². The van der Waals surface area contributed by atoms with Gasteiger partial charge in [-0.1, -0.05) is 51.7 Å². The van der Waals surface area contributed by atoms with Crippen molar-refractivity contribution in [1.29, 1.82) is 0 Å². The average Bonchev–Trinajstić information content (AvgIpc) is 2.75. The van der Waals surface area contributed by atoms with E-state index in [0.717, 1.165) is 58.4 Å². The Morgan fingerprint density at radius 2 is 1.62 bits per heavy atom. The normalized spacial score (nSPS) is 16.0. The number of benzene rings is 1. The van der Waals surface area contributed by atoms with Crippen molar-refractivity contribution in [3.63, 3.8) is 0 Å². The molecule has 2 rings (SSSR count). The molecule has 0 saturated carbocycles. The number of nitrogens with zero attached hydrogens (tertiary/aromatic N) is 2. The second-order valence-electron chi connectivity index (χ2n) is 8.36. The Labute approximate surface area is 177 Å². The Balaban J connectivity index is 1.58. The quantitative estimate of drug-likeness (QED) is 0.492. The molecule has 1 fully saturated rings. The van der Waals surface area contributed by atoms with Gasteiger partial charge in [0.1, 0.15) is 0 Å². The fourth-order valence-corrected chi connectivity index (χ4v) is 3.84. The number of carbonyl (C=O) groups is 1. The van der Waals surface area contributed by atoms with Gasteiger partial charge in [0.25, 0.3) is 0 Å². The van der Waals surface area contributed by atoms with Gasteiger partial charge in [-0.3, -0.25) is 9.69 Å². The molecule has 1 aromatic carbocycles. The summed E-state index contributed by atoms with van der Waals surface area (Å²) in [5.74, 6) is 0.766. The van der Waals surface area contributed by atoms with Gasteiger partial charge in [-0.2, -0.15) is 0 Å². The van der Waals surface area contributed by atoms with Crippen LogP contribution in [-0.2, 0) is 4.79 Å². The number of carbonyl (C=O) groups excluding carboxylic acids is 1. The van der Waals surface area contributed by atoms with Crippen LogP contribution >= 0.6 is 0 Å². The van der Waals surface area contributed by atoms with Crippen LogP contribution in [-0.4, -0.2) is 61.8 Å². The number of piperazine rings is 1. The van der Waals surface area contributed by atoms with E-state index in [4.69, 9.17) is 5.11 Å². The van der Waals surface area contributed by atoms with Crippen LogP contribution in [0.3, 0.4) is 0 Å². The van der Waals surface area contributed by atoms with Crippen LogP contribution in [0.15, 0.2) is 24.3 Å². The number of hydrogen-bond acceptors (Lipinski definition) is 4. The second-order valence-corrected chi connectivity index (χ2v) is 8.36. The molecule has 5 nitrogen and oxygen atoms in total. The summed E-state index contributed by atoms with van der Waals surface area (Å²) < 4.78 is 0. The van der Waals surface area contributed by atoms with E-state index in [1.54, 1.807) is 0 Å². The molecule has 1 heterocycles. The summed E-state index contributed by atoms with van der Waals surface area (Å²) in [7, 11) is 0. The third-order valence-corrected chi connectivity index (χ3v) is 6.09. The monoisotopic (exact) mass is 403 g/mol. The van der Waals surface area contributed by atoms with Gasteiger partial charge in [-0.25, -0.2) is 0 Å². The lowest BCUT2D eigenvalue weighted by Crippen LogP contribution is -2.49. The zero-order valence-corrected chi connectivity index (χ0v) is 18.5. The third kappa shape index (κ3) is 8.75. The minimum atomic E-state index is 0.150. The minimum Gasteiger partial charge on any atom is -0.396 e. The van der Waals surface area contributed by atoms with Gasteiger partial charge >= 0.3 is 0 Å². The summed E-state index contributed by atoms with van der Waals surface area (Å²) in [6, 6.07) is 9.01. The molecule has 1 atom stereocenters.